The van der Waals surface area contributed by atoms with Crippen molar-refractivity contribution in [2.45, 2.75) is 13.3 Å². The fraction of sp³-hybridized carbons (Fsp3) is 0.222. The van der Waals surface area contributed by atoms with Crippen LogP contribution in [0, 0.1) is 0 Å². The average molecular weight is 383 g/mol. The molecule has 0 aliphatic carbocycles. The van der Waals surface area contributed by atoms with Gasteiger partial charge < -0.3 is 19.5 Å². The number of anilines is 1. The molecule has 2 aromatic rings. The van der Waals surface area contributed by atoms with Crippen LogP contribution in [0.15, 0.2) is 48.5 Å². The van der Waals surface area contributed by atoms with Crippen molar-refractivity contribution in [2.24, 2.45) is 0 Å². The number of esters is 1. The first-order chi connectivity index (χ1) is 12.8. The van der Waals surface area contributed by atoms with Crippen LogP contribution in [0.5, 0.6) is 11.5 Å². The number of rotatable bonds is 7. The summed E-state index contributed by atoms with van der Waals surface area (Å²) in [6, 6.07) is 10.9. The number of ether oxygens (including phenoxy) is 3. The van der Waals surface area contributed by atoms with E-state index in [2.05, 4.69) is 10.1 Å². The van der Waals surface area contributed by atoms with Crippen LogP contribution in [-0.4, -0.2) is 31.5 Å². The zero-order chi connectivity index (χ0) is 19.9. The smallest absolute Gasteiger partial charge is 0.483 e. The highest BCUT2D eigenvalue weighted by Gasteiger charge is 2.30. The summed E-state index contributed by atoms with van der Waals surface area (Å²) in [7, 11) is 0. The minimum atomic E-state index is -4.79. The number of hydrogen-bond donors (Lipinski definition) is 1. The lowest BCUT2D eigenvalue weighted by Gasteiger charge is -2.12. The maximum atomic E-state index is 12.1. The van der Waals surface area contributed by atoms with E-state index < -0.39 is 30.6 Å². The molecule has 1 amide bonds. The Bertz CT molecular complexity index is 790. The first kappa shape index (κ1) is 20.1. The molecule has 0 aliphatic heterocycles. The molecule has 0 spiro atoms. The summed E-state index contributed by atoms with van der Waals surface area (Å²) in [5.74, 6) is -1.35. The number of carbonyl (C=O) groups excluding carboxylic acids is 2. The molecule has 9 heteroatoms. The third-order valence-corrected chi connectivity index (χ3v) is 3.11. The van der Waals surface area contributed by atoms with Crippen molar-refractivity contribution in [3.8, 4) is 11.5 Å². The Morgan fingerprint density at radius 1 is 1.04 bits per heavy atom. The van der Waals surface area contributed by atoms with E-state index in [1.807, 2.05) is 0 Å². The van der Waals surface area contributed by atoms with Gasteiger partial charge in [0.25, 0.3) is 5.91 Å². The number of nitrogens with one attached hydrogen (secondary N) is 1. The van der Waals surface area contributed by atoms with E-state index in [9.17, 15) is 22.8 Å². The van der Waals surface area contributed by atoms with Crippen molar-refractivity contribution in [1.29, 1.82) is 0 Å². The molecule has 6 nitrogen and oxygen atoms in total. The number of carbonyl (C=O) groups is 2. The van der Waals surface area contributed by atoms with Crippen LogP contribution in [0.2, 0.25) is 0 Å². The number of halogens is 3. The molecule has 0 aliphatic rings. The number of benzene rings is 2. The Morgan fingerprint density at radius 3 is 2.33 bits per heavy atom. The highest BCUT2D eigenvalue weighted by molar-refractivity contribution is 5.94. The van der Waals surface area contributed by atoms with Gasteiger partial charge in [0.1, 0.15) is 17.1 Å². The van der Waals surface area contributed by atoms with Crippen molar-refractivity contribution in [3.63, 3.8) is 0 Å². The number of amides is 1. The van der Waals surface area contributed by atoms with Gasteiger partial charge in [0, 0.05) is 5.69 Å². The Hall–Kier alpha value is -3.23. The van der Waals surface area contributed by atoms with Gasteiger partial charge in [0.2, 0.25) is 0 Å². The lowest BCUT2D eigenvalue weighted by atomic mass is 10.2. The minimum Gasteiger partial charge on any atom is -0.483 e. The highest BCUT2D eigenvalue weighted by atomic mass is 19.4. The van der Waals surface area contributed by atoms with Gasteiger partial charge in [-0.2, -0.15) is 0 Å². The lowest BCUT2D eigenvalue weighted by Crippen LogP contribution is -2.21. The lowest BCUT2D eigenvalue weighted by molar-refractivity contribution is -0.274. The van der Waals surface area contributed by atoms with E-state index in [0.717, 1.165) is 12.1 Å². The van der Waals surface area contributed by atoms with Gasteiger partial charge >= 0.3 is 12.3 Å². The highest BCUT2D eigenvalue weighted by Crippen LogP contribution is 2.24. The topological polar surface area (TPSA) is 73.9 Å². The molecule has 0 heterocycles. The Morgan fingerprint density at radius 2 is 1.70 bits per heavy atom. The van der Waals surface area contributed by atoms with Crippen molar-refractivity contribution < 1.29 is 37.0 Å². The van der Waals surface area contributed by atoms with Gasteiger partial charge in [-0.15, -0.1) is 13.2 Å². The molecule has 144 valence electrons. The molecule has 0 bridgehead atoms. The van der Waals surface area contributed by atoms with Crippen LogP contribution in [0.25, 0.3) is 0 Å². The molecule has 0 atom stereocenters. The molecule has 27 heavy (non-hydrogen) atoms. The van der Waals surface area contributed by atoms with Crippen molar-refractivity contribution in [1.82, 2.24) is 0 Å². The van der Waals surface area contributed by atoms with E-state index in [-0.39, 0.29) is 23.6 Å². The molecule has 0 radical (unpaired) electrons. The van der Waals surface area contributed by atoms with Gasteiger partial charge in [0.05, 0.1) is 6.61 Å². The summed E-state index contributed by atoms with van der Waals surface area (Å²) in [6.07, 6.45) is -4.79. The minimum absolute atomic E-state index is 0.181. The maximum absolute atomic E-state index is 12.1. The number of alkyl halides is 3. The average Bonchev–Trinajstić information content (AvgIpc) is 2.61. The summed E-state index contributed by atoms with van der Waals surface area (Å²) in [5.41, 5.74) is 0.442. The molecule has 2 aromatic carbocycles. The van der Waals surface area contributed by atoms with Crippen molar-refractivity contribution >= 4 is 17.6 Å². The zero-order valence-electron chi connectivity index (χ0n) is 14.2. The molecule has 0 unspecified atom stereocenters. The summed E-state index contributed by atoms with van der Waals surface area (Å²) in [5, 5.41) is 2.46. The summed E-state index contributed by atoms with van der Waals surface area (Å²) >= 11 is 0. The van der Waals surface area contributed by atoms with E-state index in [4.69, 9.17) is 9.47 Å². The molecule has 0 saturated heterocycles. The second-order valence-electron chi connectivity index (χ2n) is 5.13. The Labute approximate surface area is 152 Å². The second-order valence-corrected chi connectivity index (χ2v) is 5.13. The summed E-state index contributed by atoms with van der Waals surface area (Å²) < 4.78 is 50.3. The van der Waals surface area contributed by atoms with E-state index in [1.54, 1.807) is 19.1 Å². The van der Waals surface area contributed by atoms with Crippen molar-refractivity contribution in [3.05, 3.63) is 54.1 Å². The molecule has 0 aromatic heterocycles. The van der Waals surface area contributed by atoms with Crippen LogP contribution in [0.3, 0.4) is 0 Å². The van der Waals surface area contributed by atoms with Crippen molar-refractivity contribution in [2.75, 3.05) is 18.5 Å². The van der Waals surface area contributed by atoms with Gasteiger partial charge in [-0.1, -0.05) is 12.1 Å². The Balaban J connectivity index is 1.92. The van der Waals surface area contributed by atoms with Gasteiger partial charge in [-0.25, -0.2) is 4.79 Å². The normalized spacial score (nSPS) is 10.8. The van der Waals surface area contributed by atoms with Gasteiger partial charge in [0.15, 0.2) is 6.61 Å². The molecule has 1 N–H and O–H groups in total. The molecular formula is C18H16F3NO5. The number of para-hydroxylation sites is 1. The largest absolute Gasteiger partial charge is 0.573 e. The summed E-state index contributed by atoms with van der Waals surface area (Å²) in [4.78, 5) is 23.8. The quantitative estimate of drug-likeness (QED) is 0.737. The van der Waals surface area contributed by atoms with Crippen LogP contribution in [-0.2, 0) is 9.53 Å². The Kier molecular flexibility index (Phi) is 6.64. The zero-order valence-corrected chi connectivity index (χ0v) is 14.2. The monoisotopic (exact) mass is 383 g/mol. The first-order valence-corrected chi connectivity index (χ1v) is 7.83. The van der Waals surface area contributed by atoms with Crippen LogP contribution in [0.1, 0.15) is 17.3 Å². The number of hydrogen-bond acceptors (Lipinski definition) is 5. The first-order valence-electron chi connectivity index (χ1n) is 7.83. The van der Waals surface area contributed by atoms with E-state index in [1.165, 1.54) is 24.3 Å². The van der Waals surface area contributed by atoms with Crippen LogP contribution >= 0.6 is 0 Å². The van der Waals surface area contributed by atoms with Gasteiger partial charge in [-0.3, -0.25) is 4.79 Å². The standard InChI is InChI=1S/C18H16F3NO5/c1-2-25-17(24)14-5-3-4-6-15(14)26-11-16(23)22-12-7-9-13(10-8-12)27-18(19,20)21/h3-10H,2,11H2,1H3,(H,22,23). The molecular weight excluding hydrogens is 367 g/mol. The third-order valence-electron chi connectivity index (χ3n) is 3.11. The maximum Gasteiger partial charge on any atom is 0.573 e. The van der Waals surface area contributed by atoms with Gasteiger partial charge in [-0.05, 0) is 43.3 Å². The van der Waals surface area contributed by atoms with E-state index in [0.29, 0.717) is 0 Å². The summed E-state index contributed by atoms with van der Waals surface area (Å²) in [6.45, 7) is 1.46. The predicted molar refractivity (Wildman–Crippen MR) is 89.6 cm³/mol. The van der Waals surface area contributed by atoms with Crippen LogP contribution < -0.4 is 14.8 Å². The molecule has 0 fully saturated rings. The fourth-order valence-corrected chi connectivity index (χ4v) is 2.05. The van der Waals surface area contributed by atoms with Crippen LogP contribution in [0.4, 0.5) is 18.9 Å². The second kappa shape index (κ2) is 8.93. The molecule has 0 saturated carbocycles. The third kappa shape index (κ3) is 6.53. The van der Waals surface area contributed by atoms with E-state index >= 15 is 0 Å². The predicted octanol–water partition coefficient (Wildman–Crippen LogP) is 3.78. The SMILES string of the molecule is CCOC(=O)c1ccccc1OCC(=O)Nc1ccc(OC(F)(F)F)cc1. The fourth-order valence-electron chi connectivity index (χ4n) is 2.05. The molecule has 2 rings (SSSR count).